The van der Waals surface area contributed by atoms with Crippen molar-refractivity contribution in [3.05, 3.63) is 42.0 Å². The standard InChI is InChI=1S/C10H8N2/c1-2-8-6-9-7-11-4-5-12(9)10(8)3-1/h1-2,4-7H,3H2. The average molecular weight is 156 g/mol. The Morgan fingerprint density at radius 3 is 3.42 bits per heavy atom. The van der Waals surface area contributed by atoms with Crippen LogP contribution in [0, 0.1) is 0 Å². The van der Waals surface area contributed by atoms with Crippen molar-refractivity contribution < 1.29 is 0 Å². The van der Waals surface area contributed by atoms with Gasteiger partial charge in [0, 0.05) is 24.5 Å². The highest BCUT2D eigenvalue weighted by atomic mass is 14.9. The molecule has 0 saturated heterocycles. The molecular formula is C10H8N2. The van der Waals surface area contributed by atoms with E-state index in [-0.39, 0.29) is 0 Å². The SMILES string of the molecule is C1=Cc2cc3cnccn3c2C1. The van der Waals surface area contributed by atoms with Gasteiger partial charge in [-0.05, 0) is 11.6 Å². The summed E-state index contributed by atoms with van der Waals surface area (Å²) in [6, 6.07) is 2.17. The second kappa shape index (κ2) is 1.97. The molecular weight excluding hydrogens is 148 g/mol. The van der Waals surface area contributed by atoms with Gasteiger partial charge in [0.1, 0.15) is 0 Å². The summed E-state index contributed by atoms with van der Waals surface area (Å²) >= 11 is 0. The first kappa shape index (κ1) is 6.00. The Labute approximate surface area is 70.2 Å². The topological polar surface area (TPSA) is 17.3 Å². The minimum atomic E-state index is 1.05. The van der Waals surface area contributed by atoms with Gasteiger partial charge in [-0.3, -0.25) is 4.98 Å². The lowest BCUT2D eigenvalue weighted by molar-refractivity contribution is 1.04. The van der Waals surface area contributed by atoms with Gasteiger partial charge in [0.15, 0.2) is 0 Å². The molecule has 0 radical (unpaired) electrons. The molecule has 1 aliphatic rings. The van der Waals surface area contributed by atoms with Crippen molar-refractivity contribution in [3.63, 3.8) is 0 Å². The number of rotatable bonds is 0. The first-order valence-corrected chi connectivity index (χ1v) is 4.05. The van der Waals surface area contributed by atoms with Crippen molar-refractivity contribution in [3.8, 4) is 0 Å². The van der Waals surface area contributed by atoms with Gasteiger partial charge in [-0.2, -0.15) is 0 Å². The summed E-state index contributed by atoms with van der Waals surface area (Å²) in [4.78, 5) is 4.08. The highest BCUT2D eigenvalue weighted by Gasteiger charge is 2.09. The molecule has 0 spiro atoms. The highest BCUT2D eigenvalue weighted by molar-refractivity contribution is 5.67. The number of aromatic nitrogens is 2. The normalized spacial score (nSPS) is 14.0. The minimum absolute atomic E-state index is 1.05. The fraction of sp³-hybridized carbons (Fsp3) is 0.100. The molecule has 0 fully saturated rings. The van der Waals surface area contributed by atoms with Crippen LogP contribution in [-0.2, 0) is 6.42 Å². The third-order valence-electron chi connectivity index (χ3n) is 2.32. The summed E-state index contributed by atoms with van der Waals surface area (Å²) in [6.45, 7) is 0. The summed E-state index contributed by atoms with van der Waals surface area (Å²) in [7, 11) is 0. The molecule has 2 nitrogen and oxygen atoms in total. The maximum atomic E-state index is 4.08. The fourth-order valence-corrected chi connectivity index (χ4v) is 1.77. The molecule has 0 bridgehead atoms. The van der Waals surface area contributed by atoms with Gasteiger partial charge < -0.3 is 4.40 Å². The van der Waals surface area contributed by atoms with E-state index >= 15 is 0 Å². The Morgan fingerprint density at radius 1 is 1.42 bits per heavy atom. The van der Waals surface area contributed by atoms with Crippen molar-refractivity contribution in [1.82, 2.24) is 9.38 Å². The van der Waals surface area contributed by atoms with Crippen LogP contribution >= 0.6 is 0 Å². The van der Waals surface area contributed by atoms with E-state index in [1.165, 1.54) is 16.8 Å². The van der Waals surface area contributed by atoms with E-state index in [9.17, 15) is 0 Å². The van der Waals surface area contributed by atoms with E-state index in [0.29, 0.717) is 0 Å². The van der Waals surface area contributed by atoms with Crippen molar-refractivity contribution in [2.24, 2.45) is 0 Å². The summed E-state index contributed by atoms with van der Waals surface area (Å²) < 4.78 is 2.20. The molecule has 0 N–H and O–H groups in total. The first-order valence-electron chi connectivity index (χ1n) is 4.05. The third kappa shape index (κ3) is 0.619. The largest absolute Gasteiger partial charge is 0.317 e. The molecule has 0 unspecified atom stereocenters. The Balaban J connectivity index is 2.49. The zero-order valence-corrected chi connectivity index (χ0v) is 6.57. The zero-order valence-electron chi connectivity index (χ0n) is 6.57. The van der Waals surface area contributed by atoms with Gasteiger partial charge in [0.2, 0.25) is 0 Å². The van der Waals surface area contributed by atoms with Crippen LogP contribution in [0.3, 0.4) is 0 Å². The number of hydrogen-bond acceptors (Lipinski definition) is 1. The Hall–Kier alpha value is -1.57. The van der Waals surface area contributed by atoms with Gasteiger partial charge in [-0.1, -0.05) is 12.2 Å². The average Bonchev–Trinajstić information content (AvgIpc) is 2.62. The number of hydrogen-bond donors (Lipinski definition) is 0. The van der Waals surface area contributed by atoms with E-state index in [1.54, 1.807) is 0 Å². The molecule has 0 saturated carbocycles. The second-order valence-electron chi connectivity index (χ2n) is 3.02. The van der Waals surface area contributed by atoms with E-state index in [1.807, 2.05) is 18.6 Å². The van der Waals surface area contributed by atoms with Crippen LogP contribution < -0.4 is 0 Å². The summed E-state index contributed by atoms with van der Waals surface area (Å²) in [6.07, 6.45) is 11.1. The Morgan fingerprint density at radius 2 is 2.42 bits per heavy atom. The maximum Gasteiger partial charge on any atom is 0.0642 e. The van der Waals surface area contributed by atoms with E-state index < -0.39 is 0 Å². The van der Waals surface area contributed by atoms with E-state index in [2.05, 4.69) is 27.6 Å². The Kier molecular flexibility index (Phi) is 0.987. The molecule has 3 rings (SSSR count). The zero-order chi connectivity index (χ0) is 7.97. The van der Waals surface area contributed by atoms with Crippen LogP contribution in [0.2, 0.25) is 0 Å². The summed E-state index contributed by atoms with van der Waals surface area (Å²) in [5.74, 6) is 0. The van der Waals surface area contributed by atoms with Crippen LogP contribution in [0.25, 0.3) is 11.6 Å². The number of fused-ring (bicyclic) bond motifs is 3. The van der Waals surface area contributed by atoms with Crippen molar-refractivity contribution >= 4 is 11.6 Å². The van der Waals surface area contributed by atoms with Gasteiger partial charge in [-0.15, -0.1) is 0 Å². The summed E-state index contributed by atoms with van der Waals surface area (Å²) in [5, 5.41) is 0. The first-order chi connectivity index (χ1) is 5.95. The summed E-state index contributed by atoms with van der Waals surface area (Å²) in [5.41, 5.74) is 3.90. The van der Waals surface area contributed by atoms with Crippen molar-refractivity contribution in [1.29, 1.82) is 0 Å². The molecule has 1 aliphatic carbocycles. The lowest BCUT2D eigenvalue weighted by Crippen LogP contribution is -1.89. The molecule has 2 heteroatoms. The molecule has 0 aliphatic heterocycles. The monoisotopic (exact) mass is 156 g/mol. The van der Waals surface area contributed by atoms with E-state index in [0.717, 1.165) is 6.42 Å². The van der Waals surface area contributed by atoms with Gasteiger partial charge >= 0.3 is 0 Å². The molecule has 2 aromatic rings. The smallest absolute Gasteiger partial charge is 0.0642 e. The lowest BCUT2D eigenvalue weighted by Gasteiger charge is -1.96. The second-order valence-corrected chi connectivity index (χ2v) is 3.02. The predicted molar refractivity (Wildman–Crippen MR) is 47.9 cm³/mol. The molecule has 0 atom stereocenters. The predicted octanol–water partition coefficient (Wildman–Crippen LogP) is 1.90. The van der Waals surface area contributed by atoms with Crippen LogP contribution in [0.1, 0.15) is 11.3 Å². The lowest BCUT2D eigenvalue weighted by atomic mass is 10.3. The maximum absolute atomic E-state index is 4.08. The van der Waals surface area contributed by atoms with Crippen molar-refractivity contribution in [2.45, 2.75) is 6.42 Å². The van der Waals surface area contributed by atoms with Crippen LogP contribution in [0.4, 0.5) is 0 Å². The number of nitrogens with zero attached hydrogens (tertiary/aromatic N) is 2. The molecule has 12 heavy (non-hydrogen) atoms. The molecule has 0 aromatic carbocycles. The van der Waals surface area contributed by atoms with Crippen LogP contribution in [0.15, 0.2) is 30.7 Å². The number of allylic oxidation sites excluding steroid dienone is 1. The van der Waals surface area contributed by atoms with Crippen LogP contribution in [-0.4, -0.2) is 9.38 Å². The highest BCUT2D eigenvalue weighted by Crippen LogP contribution is 2.22. The molecule has 2 heterocycles. The van der Waals surface area contributed by atoms with Crippen LogP contribution in [0.5, 0.6) is 0 Å². The van der Waals surface area contributed by atoms with Gasteiger partial charge in [-0.25, -0.2) is 0 Å². The molecule has 58 valence electrons. The fourth-order valence-electron chi connectivity index (χ4n) is 1.77. The molecule has 0 amide bonds. The van der Waals surface area contributed by atoms with E-state index in [4.69, 9.17) is 0 Å². The quantitative estimate of drug-likeness (QED) is 0.569. The third-order valence-corrected chi connectivity index (χ3v) is 2.32. The molecule has 2 aromatic heterocycles. The van der Waals surface area contributed by atoms with Gasteiger partial charge in [0.05, 0.1) is 11.7 Å². The minimum Gasteiger partial charge on any atom is -0.317 e. The van der Waals surface area contributed by atoms with Gasteiger partial charge in [0.25, 0.3) is 0 Å². The Bertz CT molecular complexity index is 466. The van der Waals surface area contributed by atoms with Crippen molar-refractivity contribution in [2.75, 3.05) is 0 Å².